The predicted molar refractivity (Wildman–Crippen MR) is 70.8 cm³/mol. The summed E-state index contributed by atoms with van der Waals surface area (Å²) >= 11 is 0. The molecule has 4 heteroatoms. The molecule has 0 radical (unpaired) electrons. The summed E-state index contributed by atoms with van der Waals surface area (Å²) in [5, 5.41) is 21.6. The lowest BCUT2D eigenvalue weighted by Gasteiger charge is -2.14. The van der Waals surface area contributed by atoms with E-state index < -0.39 is 0 Å². The lowest BCUT2D eigenvalue weighted by Crippen LogP contribution is -2.32. The molecule has 1 aromatic rings. The zero-order valence-corrected chi connectivity index (χ0v) is 10.9. The van der Waals surface area contributed by atoms with Crippen molar-refractivity contribution in [2.24, 2.45) is 0 Å². The van der Waals surface area contributed by atoms with Crippen LogP contribution in [0.3, 0.4) is 0 Å². The number of unbranched alkanes of at least 4 members (excludes halogenated alkanes) is 2. The van der Waals surface area contributed by atoms with E-state index in [4.69, 9.17) is 5.11 Å². The first kappa shape index (κ1) is 14.4. The number of carbonyl (C=O) groups excluding carboxylic acids is 1. The van der Waals surface area contributed by atoms with Gasteiger partial charge in [-0.05, 0) is 25.5 Å². The second kappa shape index (κ2) is 6.89. The van der Waals surface area contributed by atoms with Crippen molar-refractivity contribution >= 4 is 5.91 Å². The van der Waals surface area contributed by atoms with Gasteiger partial charge in [-0.1, -0.05) is 26.2 Å². The van der Waals surface area contributed by atoms with Gasteiger partial charge in [-0.2, -0.15) is 0 Å². The Labute approximate surface area is 108 Å². The van der Waals surface area contributed by atoms with Crippen molar-refractivity contribution < 1.29 is 15.0 Å². The van der Waals surface area contributed by atoms with Crippen molar-refractivity contribution in [3.05, 3.63) is 23.8 Å². The van der Waals surface area contributed by atoms with Crippen molar-refractivity contribution in [1.82, 2.24) is 5.32 Å². The second-order valence-electron chi connectivity index (χ2n) is 4.57. The van der Waals surface area contributed by atoms with Crippen molar-refractivity contribution in [2.45, 2.75) is 45.6 Å². The summed E-state index contributed by atoms with van der Waals surface area (Å²) in [5.41, 5.74) is 0.190. The molecular weight excluding hydrogens is 230 g/mol. The molecule has 1 amide bonds. The first-order valence-electron chi connectivity index (χ1n) is 6.37. The standard InChI is InChI=1S/C14H21NO3/c1-3-4-5-6-10(2)15-14(18)12-8-7-11(16)9-13(12)17/h7-10,16-17H,3-6H2,1-2H3,(H,15,18). The fourth-order valence-corrected chi connectivity index (χ4v) is 1.79. The highest BCUT2D eigenvalue weighted by molar-refractivity contribution is 5.97. The Hall–Kier alpha value is -1.71. The molecule has 0 aliphatic rings. The van der Waals surface area contributed by atoms with Crippen LogP contribution in [0.4, 0.5) is 0 Å². The van der Waals surface area contributed by atoms with E-state index in [1.165, 1.54) is 12.1 Å². The van der Waals surface area contributed by atoms with Crippen molar-refractivity contribution in [3.8, 4) is 11.5 Å². The number of rotatable bonds is 6. The van der Waals surface area contributed by atoms with Crippen LogP contribution >= 0.6 is 0 Å². The normalized spacial score (nSPS) is 12.1. The third kappa shape index (κ3) is 4.28. The molecule has 18 heavy (non-hydrogen) atoms. The van der Waals surface area contributed by atoms with E-state index in [1.54, 1.807) is 0 Å². The molecule has 0 saturated carbocycles. The van der Waals surface area contributed by atoms with Gasteiger partial charge < -0.3 is 15.5 Å². The molecule has 0 fully saturated rings. The highest BCUT2D eigenvalue weighted by Gasteiger charge is 2.13. The fraction of sp³-hybridized carbons (Fsp3) is 0.500. The summed E-state index contributed by atoms with van der Waals surface area (Å²) in [7, 11) is 0. The van der Waals surface area contributed by atoms with Gasteiger partial charge in [0.1, 0.15) is 11.5 Å². The van der Waals surface area contributed by atoms with Crippen LogP contribution in [0.5, 0.6) is 11.5 Å². The molecule has 0 aromatic heterocycles. The summed E-state index contributed by atoms with van der Waals surface area (Å²) < 4.78 is 0. The minimum absolute atomic E-state index is 0.0555. The van der Waals surface area contributed by atoms with E-state index >= 15 is 0 Å². The smallest absolute Gasteiger partial charge is 0.255 e. The first-order valence-corrected chi connectivity index (χ1v) is 6.37. The number of aromatic hydroxyl groups is 2. The Morgan fingerprint density at radius 1 is 1.33 bits per heavy atom. The van der Waals surface area contributed by atoms with Crippen molar-refractivity contribution in [1.29, 1.82) is 0 Å². The van der Waals surface area contributed by atoms with Crippen LogP contribution in [-0.2, 0) is 0 Å². The number of amides is 1. The number of phenolic OH excluding ortho intramolecular Hbond substituents is 2. The molecule has 0 aliphatic heterocycles. The van der Waals surface area contributed by atoms with Gasteiger partial charge in [-0.15, -0.1) is 0 Å². The first-order chi connectivity index (χ1) is 8.54. The minimum atomic E-state index is -0.309. The van der Waals surface area contributed by atoms with Crippen LogP contribution < -0.4 is 5.32 Å². The average Bonchev–Trinajstić information content (AvgIpc) is 2.28. The number of nitrogens with one attached hydrogen (secondary N) is 1. The zero-order valence-electron chi connectivity index (χ0n) is 10.9. The Morgan fingerprint density at radius 3 is 2.67 bits per heavy atom. The van der Waals surface area contributed by atoms with Gasteiger partial charge in [0.25, 0.3) is 5.91 Å². The number of hydrogen-bond donors (Lipinski definition) is 3. The van der Waals surface area contributed by atoms with Gasteiger partial charge in [0.05, 0.1) is 5.56 Å². The van der Waals surface area contributed by atoms with Crippen LogP contribution in [0, 0.1) is 0 Å². The summed E-state index contributed by atoms with van der Waals surface area (Å²) in [6.07, 6.45) is 4.32. The van der Waals surface area contributed by atoms with Crippen LogP contribution in [-0.4, -0.2) is 22.2 Å². The minimum Gasteiger partial charge on any atom is -0.508 e. The highest BCUT2D eigenvalue weighted by Crippen LogP contribution is 2.22. The van der Waals surface area contributed by atoms with E-state index in [0.717, 1.165) is 31.7 Å². The Kier molecular flexibility index (Phi) is 5.49. The third-order valence-corrected chi connectivity index (χ3v) is 2.84. The quantitative estimate of drug-likeness (QED) is 0.681. The van der Waals surface area contributed by atoms with E-state index in [1.807, 2.05) is 6.92 Å². The van der Waals surface area contributed by atoms with Gasteiger partial charge in [-0.3, -0.25) is 4.79 Å². The van der Waals surface area contributed by atoms with Crippen LogP contribution in [0.15, 0.2) is 18.2 Å². The third-order valence-electron chi connectivity index (χ3n) is 2.84. The average molecular weight is 251 g/mol. The topological polar surface area (TPSA) is 69.6 Å². The van der Waals surface area contributed by atoms with E-state index in [2.05, 4.69) is 12.2 Å². The van der Waals surface area contributed by atoms with E-state index in [-0.39, 0.29) is 29.0 Å². The molecule has 0 spiro atoms. The maximum Gasteiger partial charge on any atom is 0.255 e. The molecule has 100 valence electrons. The maximum absolute atomic E-state index is 11.9. The molecule has 1 unspecified atom stereocenters. The number of benzene rings is 1. The van der Waals surface area contributed by atoms with Crippen LogP contribution in [0.25, 0.3) is 0 Å². The molecule has 0 saturated heterocycles. The predicted octanol–water partition coefficient (Wildman–Crippen LogP) is 2.80. The van der Waals surface area contributed by atoms with Crippen LogP contribution in [0.1, 0.15) is 49.9 Å². The second-order valence-corrected chi connectivity index (χ2v) is 4.57. The monoisotopic (exact) mass is 251 g/mol. The molecule has 1 aromatic carbocycles. The molecule has 0 heterocycles. The van der Waals surface area contributed by atoms with Gasteiger partial charge >= 0.3 is 0 Å². The lowest BCUT2D eigenvalue weighted by molar-refractivity contribution is 0.0935. The molecular formula is C14H21NO3. The number of phenols is 2. The Morgan fingerprint density at radius 2 is 2.06 bits per heavy atom. The summed E-state index contributed by atoms with van der Waals surface area (Å²) in [5.74, 6) is -0.565. The maximum atomic E-state index is 11.9. The Bertz CT molecular complexity index is 404. The van der Waals surface area contributed by atoms with Gasteiger partial charge in [0, 0.05) is 12.1 Å². The SMILES string of the molecule is CCCCCC(C)NC(=O)c1ccc(O)cc1O. The fourth-order valence-electron chi connectivity index (χ4n) is 1.79. The zero-order chi connectivity index (χ0) is 13.5. The molecule has 1 atom stereocenters. The molecule has 0 aliphatic carbocycles. The summed E-state index contributed by atoms with van der Waals surface area (Å²) in [4.78, 5) is 11.9. The van der Waals surface area contributed by atoms with Crippen molar-refractivity contribution in [2.75, 3.05) is 0 Å². The number of hydrogen-bond acceptors (Lipinski definition) is 3. The molecule has 4 nitrogen and oxygen atoms in total. The van der Waals surface area contributed by atoms with Gasteiger partial charge in [-0.25, -0.2) is 0 Å². The number of carbonyl (C=O) groups is 1. The largest absolute Gasteiger partial charge is 0.508 e. The van der Waals surface area contributed by atoms with Gasteiger partial charge in [0.15, 0.2) is 0 Å². The highest BCUT2D eigenvalue weighted by atomic mass is 16.3. The van der Waals surface area contributed by atoms with Crippen LogP contribution in [0.2, 0.25) is 0 Å². The molecule has 0 bridgehead atoms. The van der Waals surface area contributed by atoms with E-state index in [9.17, 15) is 9.90 Å². The molecule has 3 N–H and O–H groups in total. The van der Waals surface area contributed by atoms with Crippen molar-refractivity contribution in [3.63, 3.8) is 0 Å². The summed E-state index contributed by atoms with van der Waals surface area (Å²) in [6, 6.07) is 4.04. The summed E-state index contributed by atoms with van der Waals surface area (Å²) in [6.45, 7) is 4.09. The molecule has 1 rings (SSSR count). The Balaban J connectivity index is 2.54. The van der Waals surface area contributed by atoms with E-state index in [0.29, 0.717) is 0 Å². The van der Waals surface area contributed by atoms with Gasteiger partial charge in [0.2, 0.25) is 0 Å². The lowest BCUT2D eigenvalue weighted by atomic mass is 10.1.